The Morgan fingerprint density at radius 3 is 2.25 bits per heavy atom. The Morgan fingerprint density at radius 1 is 1.07 bits per heavy atom. The zero-order valence-electron chi connectivity index (χ0n) is 16.2. The standard InChI is InChI=1S/C21H27FN4O.HI/c1-3-24-21(25-13-17-6-4-15(2)5-7-17)26-14-18(20(23)27)12-16-8-10-19(22)11-9-16;/h4-11,18H,3,12-14H2,1-2H3,(H2,23,27)(H2,24,25,26);1H. The van der Waals surface area contributed by atoms with Crippen molar-refractivity contribution in [2.75, 3.05) is 13.1 Å². The number of aryl methyl sites for hydroxylation is 1. The lowest BCUT2D eigenvalue weighted by Gasteiger charge is -2.17. The van der Waals surface area contributed by atoms with E-state index in [2.05, 4.69) is 27.8 Å². The van der Waals surface area contributed by atoms with Crippen LogP contribution in [0.25, 0.3) is 0 Å². The van der Waals surface area contributed by atoms with Crippen LogP contribution < -0.4 is 16.4 Å². The van der Waals surface area contributed by atoms with E-state index in [1.165, 1.54) is 17.7 Å². The van der Waals surface area contributed by atoms with Gasteiger partial charge in [-0.3, -0.25) is 4.79 Å². The van der Waals surface area contributed by atoms with Crippen LogP contribution in [0.1, 0.15) is 23.6 Å². The Kier molecular flexibility index (Phi) is 10.5. The van der Waals surface area contributed by atoms with E-state index < -0.39 is 11.8 Å². The van der Waals surface area contributed by atoms with E-state index >= 15 is 0 Å². The van der Waals surface area contributed by atoms with Crippen molar-refractivity contribution in [1.82, 2.24) is 10.6 Å². The Morgan fingerprint density at radius 2 is 1.68 bits per heavy atom. The molecule has 2 aromatic rings. The van der Waals surface area contributed by atoms with Gasteiger partial charge in [-0.2, -0.15) is 0 Å². The average molecular weight is 498 g/mol. The third-order valence-electron chi connectivity index (χ3n) is 4.20. The summed E-state index contributed by atoms with van der Waals surface area (Å²) in [6.07, 6.45) is 0.444. The lowest BCUT2D eigenvalue weighted by atomic mass is 9.98. The Bertz CT molecular complexity index is 763. The fraction of sp³-hybridized carbons (Fsp3) is 0.333. The zero-order valence-corrected chi connectivity index (χ0v) is 18.6. The summed E-state index contributed by atoms with van der Waals surface area (Å²) in [5.41, 5.74) is 8.72. The summed E-state index contributed by atoms with van der Waals surface area (Å²) in [4.78, 5) is 16.4. The van der Waals surface area contributed by atoms with Gasteiger partial charge in [-0.05, 0) is 43.5 Å². The molecule has 0 saturated heterocycles. The van der Waals surface area contributed by atoms with Gasteiger partial charge in [-0.1, -0.05) is 42.0 Å². The van der Waals surface area contributed by atoms with E-state index in [0.29, 0.717) is 32.0 Å². The highest BCUT2D eigenvalue weighted by atomic mass is 127. The molecule has 2 rings (SSSR count). The Hall–Kier alpha value is -2.16. The number of primary amides is 1. The van der Waals surface area contributed by atoms with E-state index in [9.17, 15) is 9.18 Å². The molecular formula is C21H28FIN4O. The van der Waals surface area contributed by atoms with Crippen molar-refractivity contribution in [2.24, 2.45) is 16.6 Å². The smallest absolute Gasteiger partial charge is 0.222 e. The number of nitrogens with two attached hydrogens (primary N) is 1. The van der Waals surface area contributed by atoms with Gasteiger partial charge in [-0.15, -0.1) is 24.0 Å². The number of rotatable bonds is 8. The predicted molar refractivity (Wildman–Crippen MR) is 122 cm³/mol. The normalized spacial score (nSPS) is 12.0. The van der Waals surface area contributed by atoms with Gasteiger partial charge in [0.2, 0.25) is 5.91 Å². The summed E-state index contributed by atoms with van der Waals surface area (Å²) < 4.78 is 13.0. The molecule has 152 valence electrons. The molecule has 2 aromatic carbocycles. The van der Waals surface area contributed by atoms with Crippen LogP contribution in [0.2, 0.25) is 0 Å². The molecule has 1 atom stereocenters. The fourth-order valence-electron chi connectivity index (χ4n) is 2.60. The number of amides is 1. The second-order valence-corrected chi connectivity index (χ2v) is 6.49. The largest absolute Gasteiger partial charge is 0.369 e. The molecular weight excluding hydrogens is 470 g/mol. The van der Waals surface area contributed by atoms with E-state index in [4.69, 9.17) is 5.73 Å². The van der Waals surface area contributed by atoms with Crippen LogP contribution in [0.5, 0.6) is 0 Å². The molecule has 0 bridgehead atoms. The van der Waals surface area contributed by atoms with Crippen LogP contribution in [0.15, 0.2) is 53.5 Å². The zero-order chi connectivity index (χ0) is 19.6. The summed E-state index contributed by atoms with van der Waals surface area (Å²) in [5.74, 6) is -0.492. The third-order valence-corrected chi connectivity index (χ3v) is 4.20. The first-order valence-corrected chi connectivity index (χ1v) is 9.09. The summed E-state index contributed by atoms with van der Waals surface area (Å²) in [6.45, 7) is 5.62. The van der Waals surface area contributed by atoms with E-state index in [1.807, 2.05) is 26.0 Å². The number of nitrogens with one attached hydrogen (secondary N) is 2. The summed E-state index contributed by atoms with van der Waals surface area (Å²) in [5, 5.41) is 6.35. The van der Waals surface area contributed by atoms with Crippen LogP contribution in [0, 0.1) is 18.7 Å². The number of benzene rings is 2. The van der Waals surface area contributed by atoms with Crippen LogP contribution in [-0.2, 0) is 17.8 Å². The van der Waals surface area contributed by atoms with Gasteiger partial charge < -0.3 is 16.4 Å². The minimum atomic E-state index is -0.418. The first kappa shape index (κ1) is 23.9. The number of carbonyl (C=O) groups excluding carboxylic acids is 1. The molecule has 0 fully saturated rings. The third kappa shape index (κ3) is 8.24. The summed E-state index contributed by atoms with van der Waals surface area (Å²) >= 11 is 0. The predicted octanol–water partition coefficient (Wildman–Crippen LogP) is 3.15. The van der Waals surface area contributed by atoms with Gasteiger partial charge in [0.15, 0.2) is 5.96 Å². The highest BCUT2D eigenvalue weighted by Crippen LogP contribution is 2.10. The second-order valence-electron chi connectivity index (χ2n) is 6.49. The van der Waals surface area contributed by atoms with Crippen LogP contribution in [0.4, 0.5) is 4.39 Å². The maximum atomic E-state index is 13.0. The molecule has 1 amide bonds. The first-order valence-electron chi connectivity index (χ1n) is 9.09. The summed E-state index contributed by atoms with van der Waals surface area (Å²) in [6, 6.07) is 14.3. The van der Waals surface area contributed by atoms with E-state index in [-0.39, 0.29) is 29.8 Å². The quantitative estimate of drug-likeness (QED) is 0.297. The van der Waals surface area contributed by atoms with Crippen molar-refractivity contribution >= 4 is 35.8 Å². The monoisotopic (exact) mass is 498 g/mol. The molecule has 28 heavy (non-hydrogen) atoms. The van der Waals surface area contributed by atoms with Crippen molar-refractivity contribution in [3.63, 3.8) is 0 Å². The lowest BCUT2D eigenvalue weighted by Crippen LogP contribution is -2.43. The Labute approximate surface area is 183 Å². The maximum absolute atomic E-state index is 13.0. The van der Waals surface area contributed by atoms with E-state index in [0.717, 1.165) is 11.1 Å². The van der Waals surface area contributed by atoms with Crippen molar-refractivity contribution in [3.05, 3.63) is 71.0 Å². The van der Waals surface area contributed by atoms with Gasteiger partial charge in [0.05, 0.1) is 12.5 Å². The molecule has 1 unspecified atom stereocenters. The molecule has 0 aliphatic heterocycles. The Balaban J connectivity index is 0.00000392. The number of nitrogens with zero attached hydrogens (tertiary/aromatic N) is 1. The van der Waals surface area contributed by atoms with Crippen LogP contribution in [0.3, 0.4) is 0 Å². The summed E-state index contributed by atoms with van der Waals surface area (Å²) in [7, 11) is 0. The number of hydrogen-bond donors (Lipinski definition) is 3. The molecule has 4 N–H and O–H groups in total. The average Bonchev–Trinajstić information content (AvgIpc) is 2.65. The number of hydrogen-bond acceptors (Lipinski definition) is 2. The van der Waals surface area contributed by atoms with Crippen LogP contribution in [-0.4, -0.2) is 25.0 Å². The fourth-order valence-corrected chi connectivity index (χ4v) is 2.60. The van der Waals surface area contributed by atoms with Gasteiger partial charge in [0, 0.05) is 13.1 Å². The topological polar surface area (TPSA) is 79.5 Å². The highest BCUT2D eigenvalue weighted by molar-refractivity contribution is 14.0. The highest BCUT2D eigenvalue weighted by Gasteiger charge is 2.16. The molecule has 0 aliphatic rings. The molecule has 0 saturated carbocycles. The minimum Gasteiger partial charge on any atom is -0.369 e. The molecule has 0 radical (unpaired) electrons. The van der Waals surface area contributed by atoms with Crippen molar-refractivity contribution in [3.8, 4) is 0 Å². The molecule has 5 nitrogen and oxygen atoms in total. The SMILES string of the molecule is CCNC(=NCc1ccc(C)cc1)NCC(Cc1ccc(F)cc1)C(N)=O.I. The molecule has 0 aliphatic carbocycles. The van der Waals surface area contributed by atoms with Gasteiger partial charge in [0.1, 0.15) is 5.82 Å². The van der Waals surface area contributed by atoms with Gasteiger partial charge in [-0.25, -0.2) is 9.38 Å². The number of aliphatic imine (C=N–C) groups is 1. The number of carbonyl (C=O) groups is 1. The second kappa shape index (κ2) is 12.3. The van der Waals surface area contributed by atoms with Crippen molar-refractivity contribution < 1.29 is 9.18 Å². The number of guanidine groups is 1. The van der Waals surface area contributed by atoms with Gasteiger partial charge >= 0.3 is 0 Å². The first-order chi connectivity index (χ1) is 13.0. The van der Waals surface area contributed by atoms with Crippen molar-refractivity contribution in [2.45, 2.75) is 26.8 Å². The van der Waals surface area contributed by atoms with E-state index in [1.54, 1.807) is 12.1 Å². The molecule has 0 heterocycles. The van der Waals surface area contributed by atoms with Gasteiger partial charge in [0.25, 0.3) is 0 Å². The minimum absolute atomic E-state index is 0. The molecule has 7 heteroatoms. The molecule has 0 spiro atoms. The van der Waals surface area contributed by atoms with Crippen LogP contribution >= 0.6 is 24.0 Å². The number of halogens is 2. The lowest BCUT2D eigenvalue weighted by molar-refractivity contribution is -0.121. The molecule has 0 aromatic heterocycles. The van der Waals surface area contributed by atoms with Crippen molar-refractivity contribution in [1.29, 1.82) is 0 Å². The maximum Gasteiger partial charge on any atom is 0.222 e.